The number of aliphatic hydroxyl groups excluding tert-OH is 2. The Bertz CT molecular complexity index is 928. The predicted octanol–water partition coefficient (Wildman–Crippen LogP) is 0.393. The number of allylic oxidation sites excluding steroid dienone is 1. The Balaban J connectivity index is 1.66. The van der Waals surface area contributed by atoms with Gasteiger partial charge in [-0.1, -0.05) is 12.1 Å². The molecule has 0 aliphatic carbocycles. The van der Waals surface area contributed by atoms with Gasteiger partial charge in [-0.3, -0.25) is 0 Å². The fourth-order valence-electron chi connectivity index (χ4n) is 3.59. The maximum atomic E-state index is 12.7. The third-order valence-corrected chi connectivity index (χ3v) is 7.20. The fourth-order valence-corrected chi connectivity index (χ4v) is 4.92. The molecule has 176 valence electrons. The highest BCUT2D eigenvalue weighted by Gasteiger charge is 2.37. The summed E-state index contributed by atoms with van der Waals surface area (Å²) >= 11 is 0.539. The van der Waals surface area contributed by atoms with Crippen LogP contribution in [-0.2, 0) is 19.5 Å². The van der Waals surface area contributed by atoms with Crippen molar-refractivity contribution in [2.45, 2.75) is 30.8 Å². The maximum absolute atomic E-state index is 12.7. The zero-order valence-electron chi connectivity index (χ0n) is 17.3. The van der Waals surface area contributed by atoms with E-state index in [-0.39, 0.29) is 18.7 Å². The summed E-state index contributed by atoms with van der Waals surface area (Å²) in [6.45, 7) is 2.53. The molecule has 10 nitrogen and oxygen atoms in total. The standard InChI is InChI=1S/C20H27N3O7S2/c21-11-17(9-14-1-3-15(4-2-14)23-5-7-29-8-6-23)32(27,28)22-12-19-20(25)18(24)10-16(30-19)13-31-26/h1-4,9,16,18-20,22,24-26H,5-8,10,12-13H2/b17-9+/t16?,18-,19-,20+/m1/s1. The highest BCUT2D eigenvalue weighted by molar-refractivity contribution is 7.94. The fraction of sp³-hybridized carbons (Fsp3) is 0.550. The van der Waals surface area contributed by atoms with Gasteiger partial charge in [0, 0.05) is 37.5 Å². The second-order valence-electron chi connectivity index (χ2n) is 7.55. The molecule has 1 aromatic rings. The summed E-state index contributed by atoms with van der Waals surface area (Å²) in [7, 11) is -4.18. The Labute approximate surface area is 191 Å². The second-order valence-corrected chi connectivity index (χ2v) is 9.88. The number of anilines is 1. The largest absolute Gasteiger partial charge is 0.390 e. The molecule has 4 atom stereocenters. The first-order valence-electron chi connectivity index (χ1n) is 10.2. The van der Waals surface area contributed by atoms with Gasteiger partial charge in [-0.25, -0.2) is 13.1 Å². The number of morpholine rings is 1. The smallest absolute Gasteiger partial charge is 0.250 e. The molecule has 1 aromatic carbocycles. The SMILES string of the molecule is N#C/C(=C\c1ccc(N2CCOCC2)cc1)S(=O)(=O)NC[C@H]1OC(CSO)C[C@@H](O)[C@@H]1O. The van der Waals surface area contributed by atoms with Crippen LogP contribution in [-0.4, -0.2) is 86.2 Å². The van der Waals surface area contributed by atoms with E-state index in [0.29, 0.717) is 30.8 Å². The van der Waals surface area contributed by atoms with E-state index >= 15 is 0 Å². The van der Waals surface area contributed by atoms with Gasteiger partial charge in [-0.05, 0) is 35.8 Å². The van der Waals surface area contributed by atoms with Crippen molar-refractivity contribution >= 4 is 33.8 Å². The summed E-state index contributed by atoms with van der Waals surface area (Å²) < 4.78 is 47.5. The van der Waals surface area contributed by atoms with Crippen LogP contribution in [0.2, 0.25) is 0 Å². The number of rotatable bonds is 8. The molecule has 1 unspecified atom stereocenters. The molecule has 32 heavy (non-hydrogen) atoms. The van der Waals surface area contributed by atoms with E-state index in [2.05, 4.69) is 9.62 Å². The first-order chi connectivity index (χ1) is 15.3. The van der Waals surface area contributed by atoms with Crippen LogP contribution in [0.1, 0.15) is 12.0 Å². The van der Waals surface area contributed by atoms with E-state index in [9.17, 15) is 23.9 Å². The number of aliphatic hydroxyl groups is 2. The maximum Gasteiger partial charge on any atom is 0.250 e. The molecule has 12 heteroatoms. The molecule has 0 aromatic heterocycles. The van der Waals surface area contributed by atoms with Crippen LogP contribution in [0.4, 0.5) is 5.69 Å². The lowest BCUT2D eigenvalue weighted by atomic mass is 9.98. The summed E-state index contributed by atoms with van der Waals surface area (Å²) in [5, 5.41) is 29.5. The topological polar surface area (TPSA) is 152 Å². The molecule has 0 saturated carbocycles. The third-order valence-electron chi connectivity index (χ3n) is 5.35. The minimum Gasteiger partial charge on any atom is -0.390 e. The number of nitriles is 1. The molecule has 3 rings (SSSR count). The molecule has 4 N–H and O–H groups in total. The van der Waals surface area contributed by atoms with Crippen LogP contribution in [0.25, 0.3) is 6.08 Å². The number of nitrogens with zero attached hydrogens (tertiary/aromatic N) is 2. The van der Waals surface area contributed by atoms with Crippen LogP contribution in [0.15, 0.2) is 29.2 Å². The van der Waals surface area contributed by atoms with E-state index < -0.39 is 39.3 Å². The van der Waals surface area contributed by atoms with Crippen molar-refractivity contribution in [3.63, 3.8) is 0 Å². The molecular formula is C20H27N3O7S2. The Morgan fingerprint density at radius 3 is 2.59 bits per heavy atom. The summed E-state index contributed by atoms with van der Waals surface area (Å²) in [5.74, 6) is 0.177. The van der Waals surface area contributed by atoms with Crippen LogP contribution >= 0.6 is 12.0 Å². The molecule has 2 aliphatic heterocycles. The van der Waals surface area contributed by atoms with Crippen molar-refractivity contribution in [3.05, 3.63) is 34.7 Å². The van der Waals surface area contributed by atoms with Gasteiger partial charge in [-0.15, -0.1) is 0 Å². The molecule has 0 radical (unpaired) electrons. The Hall–Kier alpha value is -1.69. The minimum absolute atomic E-state index is 0.127. The van der Waals surface area contributed by atoms with Crippen molar-refractivity contribution < 1.29 is 32.7 Å². The van der Waals surface area contributed by atoms with E-state index in [1.165, 1.54) is 6.08 Å². The molecule has 2 saturated heterocycles. The van der Waals surface area contributed by atoms with E-state index in [1.807, 2.05) is 12.1 Å². The quantitative estimate of drug-likeness (QED) is 0.300. The van der Waals surface area contributed by atoms with Crippen LogP contribution < -0.4 is 9.62 Å². The second kappa shape index (κ2) is 11.4. The van der Waals surface area contributed by atoms with Crippen LogP contribution in [0, 0.1) is 11.3 Å². The average Bonchev–Trinajstić information content (AvgIpc) is 2.80. The highest BCUT2D eigenvalue weighted by atomic mass is 32.2. The highest BCUT2D eigenvalue weighted by Crippen LogP contribution is 2.23. The Morgan fingerprint density at radius 2 is 1.97 bits per heavy atom. The van der Waals surface area contributed by atoms with E-state index in [0.717, 1.165) is 18.8 Å². The van der Waals surface area contributed by atoms with Gasteiger partial charge in [-0.2, -0.15) is 5.26 Å². The number of benzene rings is 1. The first kappa shape index (κ1) is 24.9. The van der Waals surface area contributed by atoms with Gasteiger partial charge in [0.2, 0.25) is 0 Å². The predicted molar refractivity (Wildman–Crippen MR) is 120 cm³/mol. The lowest BCUT2D eigenvalue weighted by molar-refractivity contribution is -0.158. The molecule has 2 fully saturated rings. The monoisotopic (exact) mass is 485 g/mol. The number of nitrogens with one attached hydrogen (secondary N) is 1. The Kier molecular flexibility index (Phi) is 8.92. The third kappa shape index (κ3) is 6.43. The van der Waals surface area contributed by atoms with Crippen LogP contribution in [0.3, 0.4) is 0 Å². The normalized spacial score (nSPS) is 27.2. The lowest BCUT2D eigenvalue weighted by Gasteiger charge is -2.36. The van der Waals surface area contributed by atoms with Crippen molar-refractivity contribution in [2.24, 2.45) is 0 Å². The van der Waals surface area contributed by atoms with Crippen molar-refractivity contribution in [2.75, 3.05) is 43.5 Å². The van der Waals surface area contributed by atoms with Gasteiger partial charge < -0.3 is 29.1 Å². The number of hydrogen-bond donors (Lipinski definition) is 4. The molecule has 2 heterocycles. The molecule has 2 aliphatic rings. The van der Waals surface area contributed by atoms with Gasteiger partial charge in [0.1, 0.15) is 12.2 Å². The van der Waals surface area contributed by atoms with E-state index in [1.54, 1.807) is 18.2 Å². The van der Waals surface area contributed by atoms with Crippen molar-refractivity contribution in [1.82, 2.24) is 4.72 Å². The lowest BCUT2D eigenvalue weighted by Crippen LogP contribution is -2.53. The van der Waals surface area contributed by atoms with Crippen LogP contribution in [0.5, 0.6) is 0 Å². The van der Waals surface area contributed by atoms with Crippen molar-refractivity contribution in [1.29, 1.82) is 5.26 Å². The summed E-state index contributed by atoms with van der Waals surface area (Å²) in [6.07, 6.45) is -2.55. The average molecular weight is 486 g/mol. The number of sulfonamides is 1. The molecule has 0 bridgehead atoms. The first-order valence-corrected chi connectivity index (χ1v) is 12.6. The molecule has 0 spiro atoms. The molecular weight excluding hydrogens is 458 g/mol. The summed E-state index contributed by atoms with van der Waals surface area (Å²) in [4.78, 5) is 1.68. The van der Waals surface area contributed by atoms with E-state index in [4.69, 9.17) is 14.0 Å². The number of hydrogen-bond acceptors (Lipinski definition) is 10. The van der Waals surface area contributed by atoms with Crippen molar-refractivity contribution in [3.8, 4) is 6.07 Å². The zero-order chi connectivity index (χ0) is 23.1. The summed E-state index contributed by atoms with van der Waals surface area (Å²) in [5.41, 5.74) is 1.54. The summed E-state index contributed by atoms with van der Waals surface area (Å²) in [6, 6.07) is 8.89. The van der Waals surface area contributed by atoms with Gasteiger partial charge in [0.25, 0.3) is 10.0 Å². The van der Waals surface area contributed by atoms with Gasteiger partial charge in [0.15, 0.2) is 4.91 Å². The number of ether oxygens (including phenoxy) is 2. The minimum atomic E-state index is -4.18. The van der Waals surface area contributed by atoms with Gasteiger partial charge in [0.05, 0.1) is 31.5 Å². The molecule has 0 amide bonds. The van der Waals surface area contributed by atoms with Gasteiger partial charge >= 0.3 is 0 Å². The Morgan fingerprint density at radius 1 is 1.28 bits per heavy atom. The zero-order valence-corrected chi connectivity index (χ0v) is 19.0.